The predicted molar refractivity (Wildman–Crippen MR) is 162 cm³/mol. The van der Waals surface area contributed by atoms with E-state index in [9.17, 15) is 18.0 Å². The van der Waals surface area contributed by atoms with Crippen LogP contribution in [0, 0.1) is 6.92 Å². The SMILES string of the molecule is Cc1cc([C@@H](C)Nc2ccc(Cl)nc2C(=O)NS(C)(=O)=O)c2nc(N3CCc4c(cnn4C4COC4)C3)n(C)c(=O)c2c1. The lowest BCUT2D eigenvalue weighted by atomic mass is 10.0. The standard InChI is InChI=1S/C28H31ClN8O5S/c1-15-9-19(16(2)31-21-5-6-23(29)32-25(21)26(38)34-43(4,40)41)24-20(10-15)27(39)35(3)28(33-24)36-8-7-22-17(12-36)11-30-37(22)18-13-42-14-18/h5-6,9-11,16,18,31H,7-8,12-14H2,1-4H3,(H,34,38)/t16-/m1/s1. The van der Waals surface area contributed by atoms with Crippen LogP contribution in [0.4, 0.5) is 11.6 Å². The number of amides is 1. The first-order valence-electron chi connectivity index (χ1n) is 13.7. The van der Waals surface area contributed by atoms with Crippen molar-refractivity contribution in [2.24, 2.45) is 7.05 Å². The van der Waals surface area contributed by atoms with Gasteiger partial charge in [0, 0.05) is 43.4 Å². The molecule has 2 aliphatic rings. The molecular weight excluding hydrogens is 596 g/mol. The van der Waals surface area contributed by atoms with Gasteiger partial charge in [-0.25, -0.2) is 23.1 Å². The second kappa shape index (κ2) is 10.9. The van der Waals surface area contributed by atoms with Crippen molar-refractivity contribution >= 4 is 50.1 Å². The van der Waals surface area contributed by atoms with E-state index >= 15 is 0 Å². The number of nitrogens with zero attached hydrogens (tertiary/aromatic N) is 6. The summed E-state index contributed by atoms with van der Waals surface area (Å²) in [5.41, 5.74) is 4.33. The maximum Gasteiger partial charge on any atom is 0.285 e. The Morgan fingerprint density at radius 2 is 1.98 bits per heavy atom. The number of hydrogen-bond donors (Lipinski definition) is 2. The van der Waals surface area contributed by atoms with Crippen molar-refractivity contribution in [1.82, 2.24) is 29.0 Å². The lowest BCUT2D eigenvalue weighted by Gasteiger charge is -2.32. The molecule has 15 heteroatoms. The molecule has 3 aromatic heterocycles. The topological polar surface area (TPSA) is 153 Å². The Morgan fingerprint density at radius 3 is 2.67 bits per heavy atom. The van der Waals surface area contributed by atoms with Crippen LogP contribution in [0.15, 0.2) is 35.3 Å². The fourth-order valence-corrected chi connectivity index (χ4v) is 6.19. The van der Waals surface area contributed by atoms with Crippen LogP contribution in [0.5, 0.6) is 0 Å². The molecule has 0 radical (unpaired) electrons. The van der Waals surface area contributed by atoms with E-state index in [1.54, 1.807) is 17.7 Å². The zero-order valence-electron chi connectivity index (χ0n) is 24.1. The third-order valence-electron chi connectivity index (χ3n) is 7.74. The number of sulfonamides is 1. The minimum atomic E-state index is -3.83. The molecule has 0 aliphatic carbocycles. The second-order valence-corrected chi connectivity index (χ2v) is 13.2. The van der Waals surface area contributed by atoms with Gasteiger partial charge < -0.3 is 15.0 Å². The molecule has 1 aromatic carbocycles. The molecule has 0 saturated carbocycles. The summed E-state index contributed by atoms with van der Waals surface area (Å²) in [6.45, 7) is 6.34. The van der Waals surface area contributed by atoms with E-state index in [4.69, 9.17) is 21.3 Å². The summed E-state index contributed by atoms with van der Waals surface area (Å²) in [5.74, 6) is -0.373. The molecule has 0 spiro atoms. The fourth-order valence-electron chi connectivity index (χ4n) is 5.61. The first-order valence-corrected chi connectivity index (χ1v) is 16.0. The summed E-state index contributed by atoms with van der Waals surface area (Å²) in [6, 6.07) is 6.62. The molecule has 1 atom stereocenters. The highest BCUT2D eigenvalue weighted by Crippen LogP contribution is 2.31. The molecule has 2 N–H and O–H groups in total. The van der Waals surface area contributed by atoms with Crippen LogP contribution in [-0.2, 0) is 34.8 Å². The Balaban J connectivity index is 1.37. The Bertz CT molecular complexity index is 1940. The van der Waals surface area contributed by atoms with Crippen molar-refractivity contribution in [3.8, 4) is 0 Å². The van der Waals surface area contributed by atoms with Gasteiger partial charge in [0.2, 0.25) is 16.0 Å². The van der Waals surface area contributed by atoms with Gasteiger partial charge in [0.05, 0.1) is 54.3 Å². The Kier molecular flexibility index (Phi) is 7.39. The molecule has 0 unspecified atom stereocenters. The summed E-state index contributed by atoms with van der Waals surface area (Å²) in [4.78, 5) is 37.6. The number of benzene rings is 1. The van der Waals surface area contributed by atoms with Crippen molar-refractivity contribution in [2.75, 3.05) is 36.2 Å². The summed E-state index contributed by atoms with van der Waals surface area (Å²) in [5, 5.41) is 8.36. The number of carbonyl (C=O) groups excluding carboxylic acids is 1. The molecule has 1 amide bonds. The summed E-state index contributed by atoms with van der Waals surface area (Å²) in [6.07, 6.45) is 3.53. The molecule has 226 valence electrons. The van der Waals surface area contributed by atoms with Crippen molar-refractivity contribution in [2.45, 2.75) is 38.9 Å². The van der Waals surface area contributed by atoms with Crippen molar-refractivity contribution < 1.29 is 17.9 Å². The van der Waals surface area contributed by atoms with Gasteiger partial charge in [-0.05, 0) is 37.6 Å². The van der Waals surface area contributed by atoms with Gasteiger partial charge in [0.1, 0.15) is 5.15 Å². The van der Waals surface area contributed by atoms with E-state index in [2.05, 4.69) is 25.0 Å². The number of carbonyl (C=O) groups is 1. The third kappa shape index (κ3) is 5.57. The number of pyridine rings is 1. The van der Waals surface area contributed by atoms with E-state index < -0.39 is 22.0 Å². The highest BCUT2D eigenvalue weighted by atomic mass is 35.5. The van der Waals surface area contributed by atoms with E-state index in [0.29, 0.717) is 43.2 Å². The summed E-state index contributed by atoms with van der Waals surface area (Å²) >= 11 is 6.04. The zero-order chi connectivity index (χ0) is 30.6. The molecule has 4 aromatic rings. The fraction of sp³-hybridized carbons (Fsp3) is 0.393. The third-order valence-corrected chi connectivity index (χ3v) is 8.50. The second-order valence-electron chi connectivity index (χ2n) is 11.0. The van der Waals surface area contributed by atoms with Gasteiger partial charge in [-0.2, -0.15) is 5.10 Å². The molecular formula is C28H31ClN8O5S. The van der Waals surface area contributed by atoms with Crippen molar-refractivity contribution in [3.05, 3.63) is 74.0 Å². The quantitative estimate of drug-likeness (QED) is 0.293. The molecule has 6 rings (SSSR count). The molecule has 13 nitrogen and oxygen atoms in total. The minimum absolute atomic E-state index is 0.0314. The smallest absolute Gasteiger partial charge is 0.285 e. The van der Waals surface area contributed by atoms with Crippen LogP contribution in [0.2, 0.25) is 5.15 Å². The Labute approximate surface area is 252 Å². The van der Waals surface area contributed by atoms with Crippen LogP contribution in [-0.4, -0.2) is 64.7 Å². The molecule has 1 saturated heterocycles. The maximum absolute atomic E-state index is 13.7. The first kappa shape index (κ1) is 29.1. The summed E-state index contributed by atoms with van der Waals surface area (Å²) < 4.78 is 34.3. The zero-order valence-corrected chi connectivity index (χ0v) is 25.7. The molecule has 2 aliphatic heterocycles. The van der Waals surface area contributed by atoms with Crippen LogP contribution in [0.25, 0.3) is 10.9 Å². The van der Waals surface area contributed by atoms with E-state index in [-0.39, 0.29) is 28.1 Å². The monoisotopic (exact) mass is 626 g/mol. The van der Waals surface area contributed by atoms with Crippen molar-refractivity contribution in [1.29, 1.82) is 0 Å². The number of aryl methyl sites for hydroxylation is 1. The van der Waals surface area contributed by atoms with Gasteiger partial charge >= 0.3 is 0 Å². The predicted octanol–water partition coefficient (Wildman–Crippen LogP) is 2.48. The average molecular weight is 627 g/mol. The number of anilines is 2. The first-order chi connectivity index (χ1) is 20.4. The molecule has 0 bridgehead atoms. The number of hydrogen-bond acceptors (Lipinski definition) is 10. The van der Waals surface area contributed by atoms with Crippen LogP contribution in [0.3, 0.4) is 0 Å². The number of halogens is 1. The summed E-state index contributed by atoms with van der Waals surface area (Å²) in [7, 11) is -2.11. The van der Waals surface area contributed by atoms with Crippen LogP contribution >= 0.6 is 11.6 Å². The number of nitrogens with one attached hydrogen (secondary N) is 2. The van der Waals surface area contributed by atoms with Crippen LogP contribution in [0.1, 0.15) is 51.9 Å². The minimum Gasteiger partial charge on any atom is -0.377 e. The lowest BCUT2D eigenvalue weighted by Crippen LogP contribution is -2.38. The number of fused-ring (bicyclic) bond motifs is 2. The van der Waals surface area contributed by atoms with Gasteiger partial charge in [-0.15, -0.1) is 0 Å². The molecule has 43 heavy (non-hydrogen) atoms. The Hall–Kier alpha value is -4.01. The van der Waals surface area contributed by atoms with Gasteiger partial charge in [-0.3, -0.25) is 18.8 Å². The highest BCUT2D eigenvalue weighted by molar-refractivity contribution is 7.89. The Morgan fingerprint density at radius 1 is 1.21 bits per heavy atom. The van der Waals surface area contributed by atoms with Crippen molar-refractivity contribution in [3.63, 3.8) is 0 Å². The normalized spacial score (nSPS) is 16.1. The van der Waals surface area contributed by atoms with Gasteiger partial charge in [0.15, 0.2) is 5.69 Å². The highest BCUT2D eigenvalue weighted by Gasteiger charge is 2.30. The van der Waals surface area contributed by atoms with Gasteiger partial charge in [0.25, 0.3) is 11.5 Å². The number of rotatable bonds is 7. The number of ether oxygens (including phenoxy) is 1. The maximum atomic E-state index is 13.7. The van der Waals surface area contributed by atoms with E-state index in [1.807, 2.05) is 36.9 Å². The van der Waals surface area contributed by atoms with E-state index in [0.717, 1.165) is 29.4 Å². The van der Waals surface area contributed by atoms with Gasteiger partial charge in [-0.1, -0.05) is 17.7 Å². The van der Waals surface area contributed by atoms with Crippen LogP contribution < -0.4 is 20.5 Å². The number of aromatic nitrogens is 5. The van der Waals surface area contributed by atoms with E-state index in [1.165, 1.54) is 11.8 Å². The average Bonchev–Trinajstić information content (AvgIpc) is 3.32. The largest absolute Gasteiger partial charge is 0.377 e. The molecule has 1 fully saturated rings. The lowest BCUT2D eigenvalue weighted by molar-refractivity contribution is -0.0299. The molecule has 5 heterocycles.